The zero-order chi connectivity index (χ0) is 14.1. The Balaban J connectivity index is 1.97. The number of ether oxygens (including phenoxy) is 1. The fourth-order valence-electron chi connectivity index (χ4n) is 2.02. The van der Waals surface area contributed by atoms with Crippen LogP contribution in [0.15, 0.2) is 29.2 Å². The molecular formula is C13H20N2O3S. The minimum Gasteiger partial charge on any atom is -0.380 e. The van der Waals surface area contributed by atoms with E-state index < -0.39 is 10.0 Å². The van der Waals surface area contributed by atoms with Crippen LogP contribution in [-0.4, -0.2) is 28.2 Å². The largest absolute Gasteiger partial charge is 0.380 e. The third-order valence-corrected chi connectivity index (χ3v) is 4.37. The number of sulfonamides is 1. The highest BCUT2D eigenvalue weighted by Crippen LogP contribution is 2.26. The van der Waals surface area contributed by atoms with Crippen LogP contribution < -0.4 is 10.5 Å². The maximum atomic E-state index is 11.2. The summed E-state index contributed by atoms with van der Waals surface area (Å²) in [4.78, 5) is 0.141. The van der Waals surface area contributed by atoms with Crippen LogP contribution in [0.2, 0.25) is 0 Å². The Hall–Kier alpha value is -0.950. The lowest BCUT2D eigenvalue weighted by Crippen LogP contribution is -2.47. The molecule has 1 aromatic rings. The number of rotatable bonds is 5. The zero-order valence-electron chi connectivity index (χ0n) is 11.2. The molecule has 1 unspecified atom stereocenters. The number of nitrogens with one attached hydrogen (secondary N) is 1. The van der Waals surface area contributed by atoms with Crippen molar-refractivity contribution in [1.29, 1.82) is 0 Å². The molecule has 6 heteroatoms. The average Bonchev–Trinajstić information content (AvgIpc) is 2.33. The van der Waals surface area contributed by atoms with Crippen LogP contribution in [0.3, 0.4) is 0 Å². The molecule has 0 saturated carbocycles. The molecule has 0 aliphatic carbocycles. The second-order valence-corrected chi connectivity index (χ2v) is 7.08. The normalized spacial score (nSPS) is 19.7. The lowest BCUT2D eigenvalue weighted by Gasteiger charge is -2.39. The summed E-state index contributed by atoms with van der Waals surface area (Å²) in [6.07, 6.45) is 0. The van der Waals surface area contributed by atoms with Gasteiger partial charge in [0.15, 0.2) is 0 Å². The third kappa shape index (κ3) is 3.54. The van der Waals surface area contributed by atoms with Gasteiger partial charge < -0.3 is 10.1 Å². The highest BCUT2D eigenvalue weighted by Gasteiger charge is 2.33. The number of hydrogen-bond acceptors (Lipinski definition) is 4. The highest BCUT2D eigenvalue weighted by molar-refractivity contribution is 7.89. The van der Waals surface area contributed by atoms with Crippen LogP contribution in [-0.2, 0) is 14.8 Å². The van der Waals surface area contributed by atoms with Crippen LogP contribution >= 0.6 is 0 Å². The van der Waals surface area contributed by atoms with E-state index in [0.29, 0.717) is 0 Å². The van der Waals surface area contributed by atoms with Crippen LogP contribution in [0.4, 0.5) is 0 Å². The van der Waals surface area contributed by atoms with E-state index in [1.807, 2.05) is 0 Å². The topological polar surface area (TPSA) is 81.4 Å². The van der Waals surface area contributed by atoms with Crippen molar-refractivity contribution in [2.75, 3.05) is 19.8 Å². The molecule has 1 saturated heterocycles. The summed E-state index contributed by atoms with van der Waals surface area (Å²) < 4.78 is 27.5. The molecule has 0 radical (unpaired) electrons. The first-order valence-electron chi connectivity index (χ1n) is 6.24. The lowest BCUT2D eigenvalue weighted by atomic mass is 9.88. The van der Waals surface area contributed by atoms with Gasteiger partial charge in [0.1, 0.15) is 0 Å². The molecule has 0 aromatic heterocycles. The molecule has 1 fully saturated rings. The maximum Gasteiger partial charge on any atom is 0.238 e. The number of nitrogens with two attached hydrogens (primary N) is 1. The van der Waals surface area contributed by atoms with Crippen molar-refractivity contribution in [1.82, 2.24) is 5.32 Å². The standard InChI is InChI=1S/C13H20N2O3S/c1-10(15-7-13(2)8-18-9-13)11-3-5-12(6-4-11)19(14,16)17/h3-6,10,15H,7-9H2,1-2H3,(H2,14,16,17). The molecule has 2 rings (SSSR count). The monoisotopic (exact) mass is 284 g/mol. The smallest absolute Gasteiger partial charge is 0.238 e. The lowest BCUT2D eigenvalue weighted by molar-refractivity contribution is -0.0999. The molecule has 1 heterocycles. The van der Waals surface area contributed by atoms with Crippen molar-refractivity contribution in [2.45, 2.75) is 24.8 Å². The summed E-state index contributed by atoms with van der Waals surface area (Å²) in [7, 11) is -3.61. The van der Waals surface area contributed by atoms with Gasteiger partial charge in [0.25, 0.3) is 0 Å². The minimum absolute atomic E-state index is 0.141. The van der Waals surface area contributed by atoms with Crippen molar-refractivity contribution in [3.63, 3.8) is 0 Å². The van der Waals surface area contributed by atoms with E-state index in [1.54, 1.807) is 12.1 Å². The van der Waals surface area contributed by atoms with Gasteiger partial charge in [0.2, 0.25) is 10.0 Å². The molecule has 0 bridgehead atoms. The van der Waals surface area contributed by atoms with Crippen molar-refractivity contribution in [2.24, 2.45) is 10.6 Å². The molecule has 106 valence electrons. The van der Waals surface area contributed by atoms with E-state index in [0.717, 1.165) is 25.3 Å². The summed E-state index contributed by atoms with van der Waals surface area (Å²) in [5.74, 6) is 0. The Morgan fingerprint density at radius 2 is 1.95 bits per heavy atom. The Morgan fingerprint density at radius 3 is 2.37 bits per heavy atom. The van der Waals surface area contributed by atoms with Crippen LogP contribution in [0, 0.1) is 5.41 Å². The van der Waals surface area contributed by atoms with Crippen molar-refractivity contribution < 1.29 is 13.2 Å². The summed E-state index contributed by atoms with van der Waals surface area (Å²) in [5, 5.41) is 8.51. The molecule has 1 aliphatic rings. The average molecular weight is 284 g/mol. The van der Waals surface area contributed by atoms with Gasteiger partial charge in [-0.1, -0.05) is 19.1 Å². The quantitative estimate of drug-likeness (QED) is 0.846. The Bertz CT molecular complexity index is 536. The first-order chi connectivity index (χ1) is 8.80. The predicted molar refractivity (Wildman–Crippen MR) is 73.2 cm³/mol. The van der Waals surface area contributed by atoms with Crippen molar-refractivity contribution >= 4 is 10.0 Å². The minimum atomic E-state index is -3.61. The van der Waals surface area contributed by atoms with Crippen molar-refractivity contribution in [3.05, 3.63) is 29.8 Å². The van der Waals surface area contributed by atoms with E-state index >= 15 is 0 Å². The molecular weight excluding hydrogens is 264 g/mol. The van der Waals surface area contributed by atoms with E-state index in [9.17, 15) is 8.42 Å². The molecule has 1 atom stereocenters. The number of benzene rings is 1. The fraction of sp³-hybridized carbons (Fsp3) is 0.538. The Morgan fingerprint density at radius 1 is 1.37 bits per heavy atom. The van der Waals surface area contributed by atoms with Gasteiger partial charge in [-0.25, -0.2) is 13.6 Å². The van der Waals surface area contributed by atoms with E-state index in [4.69, 9.17) is 9.88 Å². The van der Waals surface area contributed by atoms with Crippen LogP contribution in [0.5, 0.6) is 0 Å². The molecule has 5 nitrogen and oxygen atoms in total. The maximum absolute atomic E-state index is 11.2. The van der Waals surface area contributed by atoms with E-state index in [1.165, 1.54) is 12.1 Å². The van der Waals surface area contributed by atoms with Crippen LogP contribution in [0.1, 0.15) is 25.5 Å². The first kappa shape index (κ1) is 14.5. The van der Waals surface area contributed by atoms with Gasteiger partial charge in [-0.05, 0) is 24.6 Å². The summed E-state index contributed by atoms with van der Waals surface area (Å²) >= 11 is 0. The van der Waals surface area contributed by atoms with Crippen molar-refractivity contribution in [3.8, 4) is 0 Å². The molecule has 1 aliphatic heterocycles. The number of primary sulfonamides is 1. The van der Waals surface area contributed by atoms with Gasteiger partial charge in [0.05, 0.1) is 18.1 Å². The molecule has 0 spiro atoms. The predicted octanol–water partition coefficient (Wildman–Crippen LogP) is 1.02. The third-order valence-electron chi connectivity index (χ3n) is 3.44. The summed E-state index contributed by atoms with van der Waals surface area (Å²) in [6.45, 7) is 6.69. The van der Waals surface area contributed by atoms with Gasteiger partial charge in [-0.15, -0.1) is 0 Å². The molecule has 19 heavy (non-hydrogen) atoms. The molecule has 1 aromatic carbocycles. The molecule has 3 N–H and O–H groups in total. The van der Waals surface area contributed by atoms with E-state index in [-0.39, 0.29) is 16.4 Å². The van der Waals surface area contributed by atoms with E-state index in [2.05, 4.69) is 19.2 Å². The second-order valence-electron chi connectivity index (χ2n) is 5.52. The Labute approximate surface area is 114 Å². The van der Waals surface area contributed by atoms with Gasteiger partial charge in [0, 0.05) is 18.0 Å². The fourth-order valence-corrected chi connectivity index (χ4v) is 2.53. The van der Waals surface area contributed by atoms with Gasteiger partial charge >= 0.3 is 0 Å². The Kier molecular flexibility index (Phi) is 3.96. The number of hydrogen-bond donors (Lipinski definition) is 2. The van der Waals surface area contributed by atoms with Gasteiger partial charge in [-0.3, -0.25) is 0 Å². The van der Waals surface area contributed by atoms with Crippen LogP contribution in [0.25, 0.3) is 0 Å². The highest BCUT2D eigenvalue weighted by atomic mass is 32.2. The zero-order valence-corrected chi connectivity index (χ0v) is 12.0. The molecule has 0 amide bonds. The first-order valence-corrected chi connectivity index (χ1v) is 7.79. The summed E-state index contributed by atoms with van der Waals surface area (Å²) in [6, 6.07) is 6.81. The SMILES string of the molecule is CC(NCC1(C)COC1)c1ccc(S(N)(=O)=O)cc1. The second kappa shape index (κ2) is 5.20. The van der Waals surface area contributed by atoms with Gasteiger partial charge in [-0.2, -0.15) is 0 Å². The summed E-state index contributed by atoms with van der Waals surface area (Å²) in [5.41, 5.74) is 1.26.